The highest BCUT2D eigenvalue weighted by Gasteiger charge is 2.52. The predicted molar refractivity (Wildman–Crippen MR) is 67.8 cm³/mol. The first-order chi connectivity index (χ1) is 8.33. The SMILES string of the molecule is Oc1ccc([C@@H]2C[C@@H]3C[C@@H]2[C@H]2C=CC[C@@H]32)cc1. The number of hydrogen-bond donors (Lipinski definition) is 1. The number of hydrogen-bond acceptors (Lipinski definition) is 1. The van der Waals surface area contributed by atoms with E-state index in [4.69, 9.17) is 0 Å². The third-order valence-corrected chi connectivity index (χ3v) is 5.33. The van der Waals surface area contributed by atoms with Gasteiger partial charge in [0, 0.05) is 0 Å². The van der Waals surface area contributed by atoms with E-state index in [0.717, 1.165) is 29.6 Å². The van der Waals surface area contributed by atoms with Crippen LogP contribution in [0.4, 0.5) is 0 Å². The maximum atomic E-state index is 9.37. The maximum Gasteiger partial charge on any atom is 0.115 e. The second-order valence-corrected chi connectivity index (χ2v) is 6.00. The van der Waals surface area contributed by atoms with Gasteiger partial charge in [-0.05, 0) is 66.5 Å². The van der Waals surface area contributed by atoms with Gasteiger partial charge in [-0.3, -0.25) is 0 Å². The van der Waals surface area contributed by atoms with Crippen molar-refractivity contribution < 1.29 is 5.11 Å². The standard InChI is InChI=1S/C16H18O/c17-12-6-4-10(5-7-12)15-8-11-9-16(15)14-3-1-2-13(11)14/h1,3-7,11,13-17H,2,8-9H2/t11-,13+,14+,15+,16-/m1/s1. The van der Waals surface area contributed by atoms with Crippen LogP contribution >= 0.6 is 0 Å². The summed E-state index contributed by atoms with van der Waals surface area (Å²) in [5, 5.41) is 9.37. The molecule has 0 saturated heterocycles. The molecule has 1 nitrogen and oxygen atoms in total. The summed E-state index contributed by atoms with van der Waals surface area (Å²) in [7, 11) is 0. The predicted octanol–water partition coefficient (Wildman–Crippen LogP) is 3.71. The van der Waals surface area contributed by atoms with Gasteiger partial charge in [-0.15, -0.1) is 0 Å². The molecule has 1 heteroatoms. The average molecular weight is 226 g/mol. The van der Waals surface area contributed by atoms with Crippen LogP contribution in [0, 0.1) is 23.7 Å². The van der Waals surface area contributed by atoms with Crippen molar-refractivity contribution in [2.24, 2.45) is 23.7 Å². The van der Waals surface area contributed by atoms with Gasteiger partial charge in [-0.25, -0.2) is 0 Å². The molecule has 0 aromatic heterocycles. The zero-order chi connectivity index (χ0) is 11.4. The Morgan fingerprint density at radius 1 is 1.00 bits per heavy atom. The molecule has 3 aliphatic rings. The van der Waals surface area contributed by atoms with E-state index >= 15 is 0 Å². The van der Waals surface area contributed by atoms with Crippen LogP contribution in [0.25, 0.3) is 0 Å². The summed E-state index contributed by atoms with van der Waals surface area (Å²) in [6.07, 6.45) is 9.01. The minimum absolute atomic E-state index is 0.385. The molecule has 5 atom stereocenters. The third kappa shape index (κ3) is 1.31. The van der Waals surface area contributed by atoms with E-state index < -0.39 is 0 Å². The maximum absolute atomic E-state index is 9.37. The second kappa shape index (κ2) is 3.38. The molecule has 2 bridgehead atoms. The minimum atomic E-state index is 0.385. The summed E-state index contributed by atoms with van der Waals surface area (Å²) in [6, 6.07) is 7.91. The molecule has 0 aliphatic heterocycles. The molecule has 17 heavy (non-hydrogen) atoms. The van der Waals surface area contributed by atoms with Gasteiger partial charge < -0.3 is 5.11 Å². The van der Waals surface area contributed by atoms with Crippen LogP contribution in [0.5, 0.6) is 5.75 Å². The Kier molecular flexibility index (Phi) is 1.94. The normalized spacial score (nSPS) is 42.0. The van der Waals surface area contributed by atoms with Crippen LogP contribution < -0.4 is 0 Å². The fourth-order valence-electron chi connectivity index (χ4n) is 4.65. The number of fused-ring (bicyclic) bond motifs is 5. The molecule has 2 fully saturated rings. The first-order valence-corrected chi connectivity index (χ1v) is 6.78. The van der Waals surface area contributed by atoms with Crippen LogP contribution in [0.15, 0.2) is 36.4 Å². The Balaban J connectivity index is 1.65. The fourth-order valence-corrected chi connectivity index (χ4v) is 4.65. The second-order valence-electron chi connectivity index (χ2n) is 6.00. The quantitative estimate of drug-likeness (QED) is 0.724. The van der Waals surface area contributed by atoms with E-state index in [1.54, 1.807) is 0 Å². The van der Waals surface area contributed by atoms with Crippen LogP contribution in [-0.4, -0.2) is 5.11 Å². The summed E-state index contributed by atoms with van der Waals surface area (Å²) in [5.41, 5.74) is 1.44. The van der Waals surface area contributed by atoms with E-state index in [1.165, 1.54) is 24.8 Å². The van der Waals surface area contributed by atoms with Gasteiger partial charge in [0.25, 0.3) is 0 Å². The zero-order valence-electron chi connectivity index (χ0n) is 9.92. The monoisotopic (exact) mass is 226 g/mol. The van der Waals surface area contributed by atoms with Gasteiger partial charge in [0.2, 0.25) is 0 Å². The molecule has 0 spiro atoms. The van der Waals surface area contributed by atoms with Crippen molar-refractivity contribution in [1.82, 2.24) is 0 Å². The van der Waals surface area contributed by atoms with Crippen molar-refractivity contribution in [3.05, 3.63) is 42.0 Å². The molecule has 2 saturated carbocycles. The van der Waals surface area contributed by atoms with E-state index in [-0.39, 0.29) is 0 Å². The molecular weight excluding hydrogens is 208 g/mol. The van der Waals surface area contributed by atoms with Gasteiger partial charge in [-0.1, -0.05) is 24.3 Å². The largest absolute Gasteiger partial charge is 0.508 e. The topological polar surface area (TPSA) is 20.2 Å². The Hall–Kier alpha value is -1.24. The van der Waals surface area contributed by atoms with Gasteiger partial charge in [0.1, 0.15) is 5.75 Å². The molecule has 0 heterocycles. The lowest BCUT2D eigenvalue weighted by atomic mass is 9.73. The Morgan fingerprint density at radius 3 is 2.65 bits per heavy atom. The average Bonchev–Trinajstić information content (AvgIpc) is 3.02. The molecule has 3 aliphatic carbocycles. The van der Waals surface area contributed by atoms with Crippen molar-refractivity contribution >= 4 is 0 Å². The van der Waals surface area contributed by atoms with E-state index in [2.05, 4.69) is 24.3 Å². The summed E-state index contributed by atoms with van der Waals surface area (Å²) < 4.78 is 0. The minimum Gasteiger partial charge on any atom is -0.508 e. The van der Waals surface area contributed by atoms with Crippen LogP contribution in [-0.2, 0) is 0 Å². The molecular formula is C16H18O. The van der Waals surface area contributed by atoms with E-state index in [9.17, 15) is 5.11 Å². The van der Waals surface area contributed by atoms with Gasteiger partial charge in [0.15, 0.2) is 0 Å². The number of phenols is 1. The smallest absolute Gasteiger partial charge is 0.115 e. The lowest BCUT2D eigenvalue weighted by Gasteiger charge is -2.31. The Labute approximate surface area is 102 Å². The van der Waals surface area contributed by atoms with Crippen molar-refractivity contribution in [2.75, 3.05) is 0 Å². The number of aromatic hydroxyl groups is 1. The highest BCUT2D eigenvalue weighted by Crippen LogP contribution is 2.61. The van der Waals surface area contributed by atoms with Crippen molar-refractivity contribution in [3.8, 4) is 5.75 Å². The number of rotatable bonds is 1. The molecule has 88 valence electrons. The number of benzene rings is 1. The summed E-state index contributed by atoms with van der Waals surface area (Å²) >= 11 is 0. The Morgan fingerprint density at radius 2 is 1.82 bits per heavy atom. The molecule has 1 aromatic carbocycles. The molecule has 1 aromatic rings. The fraction of sp³-hybridized carbons (Fsp3) is 0.500. The zero-order valence-corrected chi connectivity index (χ0v) is 9.92. The molecule has 0 unspecified atom stereocenters. The van der Waals surface area contributed by atoms with Gasteiger partial charge in [-0.2, -0.15) is 0 Å². The van der Waals surface area contributed by atoms with Crippen molar-refractivity contribution in [2.45, 2.75) is 25.2 Å². The highest BCUT2D eigenvalue weighted by atomic mass is 16.3. The van der Waals surface area contributed by atoms with Crippen LogP contribution in [0.2, 0.25) is 0 Å². The van der Waals surface area contributed by atoms with E-state index in [0.29, 0.717) is 5.75 Å². The first kappa shape index (κ1) is 9.76. The van der Waals surface area contributed by atoms with Gasteiger partial charge in [0.05, 0.1) is 0 Å². The number of phenolic OH excluding ortho intramolecular Hbond substituents is 1. The van der Waals surface area contributed by atoms with Crippen LogP contribution in [0.1, 0.15) is 30.7 Å². The van der Waals surface area contributed by atoms with Gasteiger partial charge >= 0.3 is 0 Å². The van der Waals surface area contributed by atoms with Crippen molar-refractivity contribution in [3.63, 3.8) is 0 Å². The summed E-state index contributed by atoms with van der Waals surface area (Å²) in [6.45, 7) is 0. The van der Waals surface area contributed by atoms with Crippen molar-refractivity contribution in [1.29, 1.82) is 0 Å². The first-order valence-electron chi connectivity index (χ1n) is 6.78. The van der Waals surface area contributed by atoms with E-state index in [1.807, 2.05) is 12.1 Å². The highest BCUT2D eigenvalue weighted by molar-refractivity contribution is 5.31. The molecule has 0 amide bonds. The summed E-state index contributed by atoms with van der Waals surface area (Å²) in [5.74, 6) is 4.77. The lowest BCUT2D eigenvalue weighted by Crippen LogP contribution is -2.23. The molecule has 4 rings (SSSR count). The molecule has 0 radical (unpaired) electrons. The molecule has 1 N–H and O–H groups in total. The Bertz CT molecular complexity index is 459. The van der Waals surface area contributed by atoms with Crippen LogP contribution in [0.3, 0.4) is 0 Å². The third-order valence-electron chi connectivity index (χ3n) is 5.33. The lowest BCUT2D eigenvalue weighted by molar-refractivity contribution is 0.257. The summed E-state index contributed by atoms with van der Waals surface area (Å²) in [4.78, 5) is 0. The number of allylic oxidation sites excluding steroid dienone is 2.